The molecule has 1 rings (SSSR count). The van der Waals surface area contributed by atoms with Crippen molar-refractivity contribution in [3.8, 4) is 0 Å². The molecular formula is C13H26N2O2. The Morgan fingerprint density at radius 1 is 1.35 bits per heavy atom. The molecule has 0 atom stereocenters. The van der Waals surface area contributed by atoms with Crippen molar-refractivity contribution in [2.45, 2.75) is 39.2 Å². The third kappa shape index (κ3) is 3.96. The van der Waals surface area contributed by atoms with Crippen molar-refractivity contribution >= 4 is 5.91 Å². The van der Waals surface area contributed by atoms with E-state index in [2.05, 4.69) is 25.7 Å². The van der Waals surface area contributed by atoms with E-state index in [-0.39, 0.29) is 24.0 Å². The maximum Gasteiger partial charge on any atom is 0.225 e. The molecule has 0 unspecified atom stereocenters. The minimum absolute atomic E-state index is 0.0447. The van der Waals surface area contributed by atoms with Crippen molar-refractivity contribution in [1.29, 1.82) is 0 Å². The van der Waals surface area contributed by atoms with E-state index in [1.807, 2.05) is 0 Å². The van der Waals surface area contributed by atoms with E-state index in [9.17, 15) is 4.79 Å². The first-order valence-corrected chi connectivity index (χ1v) is 6.47. The van der Waals surface area contributed by atoms with E-state index < -0.39 is 0 Å². The minimum atomic E-state index is 0.0447. The van der Waals surface area contributed by atoms with Crippen LogP contribution >= 0.6 is 0 Å². The predicted molar refractivity (Wildman–Crippen MR) is 68.8 cm³/mol. The van der Waals surface area contributed by atoms with E-state index in [0.717, 1.165) is 25.9 Å². The molecule has 4 nitrogen and oxygen atoms in total. The third-order valence-corrected chi connectivity index (χ3v) is 3.60. The van der Waals surface area contributed by atoms with Crippen molar-refractivity contribution in [3.05, 3.63) is 0 Å². The number of carbonyl (C=O) groups excluding carboxylic acids is 1. The van der Waals surface area contributed by atoms with Gasteiger partial charge in [0.15, 0.2) is 0 Å². The molecule has 0 saturated carbocycles. The normalized spacial score (nSPS) is 19.4. The number of aliphatic hydroxyl groups is 1. The first-order valence-electron chi connectivity index (χ1n) is 6.47. The lowest BCUT2D eigenvalue weighted by Crippen LogP contribution is -2.48. The average Bonchev–Trinajstić information content (AvgIpc) is 2.27. The fourth-order valence-corrected chi connectivity index (χ4v) is 2.37. The Bertz CT molecular complexity index is 253. The molecule has 1 aliphatic rings. The summed E-state index contributed by atoms with van der Waals surface area (Å²) in [7, 11) is 1.77. The number of hydrogen-bond acceptors (Lipinski definition) is 3. The van der Waals surface area contributed by atoms with Crippen LogP contribution in [0.4, 0.5) is 0 Å². The Kier molecular flexibility index (Phi) is 4.95. The molecule has 17 heavy (non-hydrogen) atoms. The highest BCUT2D eigenvalue weighted by molar-refractivity contribution is 5.78. The Morgan fingerprint density at radius 2 is 1.88 bits per heavy atom. The predicted octanol–water partition coefficient (Wildman–Crippen LogP) is 0.948. The quantitative estimate of drug-likeness (QED) is 0.801. The van der Waals surface area contributed by atoms with Crippen molar-refractivity contribution < 1.29 is 9.90 Å². The number of likely N-dealkylation sites (tertiary alicyclic amines) is 1. The van der Waals surface area contributed by atoms with Crippen LogP contribution in [0.5, 0.6) is 0 Å². The van der Waals surface area contributed by atoms with Gasteiger partial charge in [0, 0.05) is 25.0 Å². The van der Waals surface area contributed by atoms with Gasteiger partial charge in [0.2, 0.25) is 5.91 Å². The van der Waals surface area contributed by atoms with Crippen LogP contribution in [-0.2, 0) is 4.79 Å². The van der Waals surface area contributed by atoms with Crippen molar-refractivity contribution in [2.75, 3.05) is 33.3 Å². The summed E-state index contributed by atoms with van der Waals surface area (Å²) in [6.45, 7) is 9.12. The lowest BCUT2D eigenvalue weighted by Gasteiger charge is -2.41. The van der Waals surface area contributed by atoms with E-state index in [4.69, 9.17) is 5.11 Å². The second-order valence-corrected chi connectivity index (χ2v) is 5.92. The molecule has 100 valence electrons. The first-order chi connectivity index (χ1) is 7.86. The van der Waals surface area contributed by atoms with E-state index in [1.165, 1.54) is 0 Å². The Labute approximate surface area is 105 Å². The second kappa shape index (κ2) is 5.83. The Morgan fingerprint density at radius 3 is 2.29 bits per heavy atom. The van der Waals surface area contributed by atoms with Crippen molar-refractivity contribution in [1.82, 2.24) is 9.80 Å². The number of amides is 1. The van der Waals surface area contributed by atoms with Crippen LogP contribution in [0.2, 0.25) is 0 Å². The van der Waals surface area contributed by atoms with Gasteiger partial charge >= 0.3 is 0 Å². The van der Waals surface area contributed by atoms with Gasteiger partial charge in [-0.15, -0.1) is 0 Å². The number of carbonyl (C=O) groups is 1. The lowest BCUT2D eigenvalue weighted by atomic mass is 9.92. The highest BCUT2D eigenvalue weighted by Crippen LogP contribution is 2.24. The van der Waals surface area contributed by atoms with E-state index >= 15 is 0 Å². The standard InChI is InChI=1S/C13H26N2O2/c1-13(2,3)15-7-5-11(6-8-15)12(17)14(4)9-10-16/h11,16H,5-10H2,1-4H3. The van der Waals surface area contributed by atoms with E-state index in [1.54, 1.807) is 11.9 Å². The minimum Gasteiger partial charge on any atom is -0.395 e. The molecule has 1 fully saturated rings. The molecule has 0 bridgehead atoms. The number of likely N-dealkylation sites (N-methyl/N-ethyl adjacent to an activating group) is 1. The molecule has 1 N–H and O–H groups in total. The summed E-state index contributed by atoms with van der Waals surface area (Å²) in [5.41, 5.74) is 0.199. The lowest BCUT2D eigenvalue weighted by molar-refractivity contribution is -0.136. The molecule has 1 heterocycles. The summed E-state index contributed by atoms with van der Waals surface area (Å²) in [6, 6.07) is 0. The highest BCUT2D eigenvalue weighted by atomic mass is 16.3. The Hall–Kier alpha value is -0.610. The van der Waals surface area contributed by atoms with Gasteiger partial charge in [-0.2, -0.15) is 0 Å². The summed E-state index contributed by atoms with van der Waals surface area (Å²) in [5.74, 6) is 0.331. The van der Waals surface area contributed by atoms with Gasteiger partial charge in [-0.25, -0.2) is 0 Å². The van der Waals surface area contributed by atoms with Crippen LogP contribution in [0.15, 0.2) is 0 Å². The molecule has 0 aliphatic carbocycles. The zero-order valence-electron chi connectivity index (χ0n) is 11.6. The maximum absolute atomic E-state index is 12.0. The molecular weight excluding hydrogens is 216 g/mol. The zero-order valence-corrected chi connectivity index (χ0v) is 11.6. The summed E-state index contributed by atoms with van der Waals surface area (Å²) in [6.07, 6.45) is 1.87. The third-order valence-electron chi connectivity index (χ3n) is 3.60. The average molecular weight is 242 g/mol. The first kappa shape index (κ1) is 14.5. The largest absolute Gasteiger partial charge is 0.395 e. The molecule has 0 spiro atoms. The second-order valence-electron chi connectivity index (χ2n) is 5.92. The topological polar surface area (TPSA) is 43.8 Å². The van der Waals surface area contributed by atoms with Gasteiger partial charge in [0.1, 0.15) is 0 Å². The SMILES string of the molecule is CN(CCO)C(=O)C1CCN(C(C)(C)C)CC1. The van der Waals surface area contributed by atoms with Gasteiger partial charge in [-0.3, -0.25) is 9.69 Å². The summed E-state index contributed by atoms with van der Waals surface area (Å²) < 4.78 is 0. The molecule has 0 aromatic carbocycles. The van der Waals surface area contributed by atoms with Gasteiger partial charge in [0.05, 0.1) is 6.61 Å². The summed E-state index contributed by atoms with van der Waals surface area (Å²) in [4.78, 5) is 16.1. The van der Waals surface area contributed by atoms with Crippen LogP contribution in [0.3, 0.4) is 0 Å². The smallest absolute Gasteiger partial charge is 0.225 e. The van der Waals surface area contributed by atoms with Crippen LogP contribution in [0, 0.1) is 5.92 Å². The number of rotatable bonds is 3. The van der Waals surface area contributed by atoms with Crippen LogP contribution in [0.1, 0.15) is 33.6 Å². The molecule has 4 heteroatoms. The molecule has 0 aromatic rings. The van der Waals surface area contributed by atoms with Crippen LogP contribution in [0.25, 0.3) is 0 Å². The fraction of sp³-hybridized carbons (Fsp3) is 0.923. The maximum atomic E-state index is 12.0. The van der Waals surface area contributed by atoms with Gasteiger partial charge in [-0.1, -0.05) is 0 Å². The van der Waals surface area contributed by atoms with Gasteiger partial charge in [-0.05, 0) is 46.7 Å². The number of nitrogens with zero attached hydrogens (tertiary/aromatic N) is 2. The molecule has 1 aliphatic heterocycles. The number of aliphatic hydroxyl groups excluding tert-OH is 1. The van der Waals surface area contributed by atoms with Gasteiger partial charge in [0.25, 0.3) is 0 Å². The zero-order chi connectivity index (χ0) is 13.1. The fourth-order valence-electron chi connectivity index (χ4n) is 2.37. The van der Waals surface area contributed by atoms with Crippen LogP contribution < -0.4 is 0 Å². The molecule has 0 radical (unpaired) electrons. The number of piperidine rings is 1. The monoisotopic (exact) mass is 242 g/mol. The van der Waals surface area contributed by atoms with Crippen LogP contribution in [-0.4, -0.2) is 59.6 Å². The Balaban J connectivity index is 2.44. The molecule has 1 saturated heterocycles. The van der Waals surface area contributed by atoms with E-state index in [0.29, 0.717) is 6.54 Å². The number of hydrogen-bond donors (Lipinski definition) is 1. The molecule has 0 aromatic heterocycles. The van der Waals surface area contributed by atoms with Crippen molar-refractivity contribution in [3.63, 3.8) is 0 Å². The summed E-state index contributed by atoms with van der Waals surface area (Å²) in [5, 5.41) is 8.83. The summed E-state index contributed by atoms with van der Waals surface area (Å²) >= 11 is 0. The molecule has 1 amide bonds. The van der Waals surface area contributed by atoms with Crippen molar-refractivity contribution in [2.24, 2.45) is 5.92 Å². The van der Waals surface area contributed by atoms with Gasteiger partial charge < -0.3 is 10.0 Å². The highest BCUT2D eigenvalue weighted by Gasteiger charge is 2.31.